The van der Waals surface area contributed by atoms with Crippen molar-refractivity contribution in [3.8, 4) is 0 Å². The van der Waals surface area contributed by atoms with Gasteiger partial charge in [0.25, 0.3) is 0 Å². The van der Waals surface area contributed by atoms with Crippen molar-refractivity contribution in [3.05, 3.63) is 12.3 Å². The highest BCUT2D eigenvalue weighted by atomic mass is 16.6. The average Bonchev–Trinajstić information content (AvgIpc) is 2.68. The Kier molecular flexibility index (Phi) is 23.6. The van der Waals surface area contributed by atoms with Crippen LogP contribution in [0.5, 0.6) is 0 Å². The lowest BCUT2D eigenvalue weighted by molar-refractivity contribution is -0.0217. The second kappa shape index (κ2) is 24.3. The fourth-order valence-corrected chi connectivity index (χ4v) is 1.78. The molecule has 0 unspecified atom stereocenters. The maximum atomic E-state index is 5.40. The molecule has 0 amide bonds. The van der Waals surface area contributed by atoms with Crippen LogP contribution in [-0.4, -0.2) is 106 Å². The summed E-state index contributed by atoms with van der Waals surface area (Å²) in [7, 11) is 0. The van der Waals surface area contributed by atoms with Gasteiger partial charge in [0.2, 0.25) is 0 Å². The first-order chi connectivity index (χ1) is 13.8. The Hall–Kier alpha value is -0.780. The summed E-state index contributed by atoms with van der Waals surface area (Å²) < 4.78 is 42.6. The Morgan fingerprint density at radius 3 is 1.00 bits per heavy atom. The lowest BCUT2D eigenvalue weighted by Gasteiger charge is -2.08. The molecule has 0 spiro atoms. The Balaban J connectivity index is 2.99. The van der Waals surface area contributed by atoms with Gasteiger partial charge in [-0.05, 0) is 6.92 Å². The van der Waals surface area contributed by atoms with Gasteiger partial charge in [-0.3, -0.25) is 0 Å². The van der Waals surface area contributed by atoms with Crippen LogP contribution in [0.4, 0.5) is 0 Å². The third-order valence-electron chi connectivity index (χ3n) is 3.07. The third-order valence-corrected chi connectivity index (χ3v) is 3.07. The van der Waals surface area contributed by atoms with Gasteiger partial charge < -0.3 is 43.6 Å². The summed E-state index contributed by atoms with van der Waals surface area (Å²) in [4.78, 5) is 0. The molecule has 0 saturated heterocycles. The van der Waals surface area contributed by atoms with E-state index < -0.39 is 0 Å². The molecular weight excluding hydrogens is 370 g/mol. The molecule has 0 radical (unpaired) electrons. The number of hydrogen-bond acceptors (Lipinski definition) is 9. The molecule has 0 aliphatic rings. The number of hydrogen-bond donors (Lipinski definition) is 1. The van der Waals surface area contributed by atoms with Gasteiger partial charge in [0.15, 0.2) is 0 Å². The summed E-state index contributed by atoms with van der Waals surface area (Å²) >= 11 is 0. The van der Waals surface area contributed by atoms with Crippen LogP contribution >= 0.6 is 0 Å². The lowest BCUT2D eigenvalue weighted by Crippen LogP contribution is -2.15. The lowest BCUT2D eigenvalue weighted by atomic mass is 10.6. The van der Waals surface area contributed by atoms with E-state index in [9.17, 15) is 0 Å². The minimum atomic E-state index is 0.516. The molecule has 0 aromatic carbocycles. The highest BCUT2D eigenvalue weighted by molar-refractivity contribution is 4.72. The second-order valence-corrected chi connectivity index (χ2v) is 5.63. The van der Waals surface area contributed by atoms with Gasteiger partial charge in [0, 0.05) is 6.54 Å². The van der Waals surface area contributed by atoms with E-state index in [-0.39, 0.29) is 0 Å². The Morgan fingerprint density at radius 2 is 0.750 bits per heavy atom. The van der Waals surface area contributed by atoms with Gasteiger partial charge in [-0.15, -0.1) is 0 Å². The molecule has 0 heterocycles. The van der Waals surface area contributed by atoms with Crippen LogP contribution in [0.15, 0.2) is 12.3 Å². The zero-order chi connectivity index (χ0) is 20.5. The molecule has 0 aliphatic carbocycles. The van der Waals surface area contributed by atoms with E-state index in [4.69, 9.17) is 43.6 Å². The molecule has 2 N–H and O–H groups in total. The average molecular weight is 410 g/mol. The quantitative estimate of drug-likeness (QED) is 0.182. The molecule has 0 fully saturated rings. The van der Waals surface area contributed by atoms with Crippen LogP contribution in [-0.2, 0) is 37.9 Å². The first kappa shape index (κ1) is 27.2. The van der Waals surface area contributed by atoms with E-state index in [1.165, 1.54) is 0 Å². The van der Waals surface area contributed by atoms with Crippen LogP contribution < -0.4 is 5.73 Å². The van der Waals surface area contributed by atoms with Crippen molar-refractivity contribution >= 4 is 0 Å². The molecule has 0 aliphatic heterocycles. The van der Waals surface area contributed by atoms with E-state index in [1.54, 1.807) is 0 Å². The van der Waals surface area contributed by atoms with Gasteiger partial charge in [0.05, 0.1) is 98.3 Å². The van der Waals surface area contributed by atoms with E-state index in [0.29, 0.717) is 111 Å². The minimum Gasteiger partial charge on any atom is -0.496 e. The molecule has 0 atom stereocenters. The normalized spacial score (nSPS) is 11.1. The van der Waals surface area contributed by atoms with E-state index >= 15 is 0 Å². The Bertz CT molecular complexity index is 320. The largest absolute Gasteiger partial charge is 0.496 e. The maximum absolute atomic E-state index is 5.40. The van der Waals surface area contributed by atoms with Crippen molar-refractivity contribution < 1.29 is 37.9 Å². The van der Waals surface area contributed by atoms with Crippen LogP contribution in [0, 0.1) is 0 Å². The highest BCUT2D eigenvalue weighted by Crippen LogP contribution is 1.89. The Morgan fingerprint density at radius 1 is 0.500 bits per heavy atom. The molecular formula is C19H39NO8. The van der Waals surface area contributed by atoms with Crippen molar-refractivity contribution in [3.63, 3.8) is 0 Å². The van der Waals surface area contributed by atoms with Crippen molar-refractivity contribution in [1.29, 1.82) is 0 Å². The van der Waals surface area contributed by atoms with Crippen LogP contribution in [0.3, 0.4) is 0 Å². The SMILES string of the molecule is C=C(C)OCCOCCOCCOCCOCCOCCOCCOCCN. The first-order valence-corrected chi connectivity index (χ1v) is 9.80. The fourth-order valence-electron chi connectivity index (χ4n) is 1.78. The highest BCUT2D eigenvalue weighted by Gasteiger charge is 1.95. The monoisotopic (exact) mass is 409 g/mol. The number of allylic oxidation sites excluding steroid dienone is 1. The zero-order valence-corrected chi connectivity index (χ0v) is 17.4. The third kappa shape index (κ3) is 25.2. The number of nitrogens with two attached hydrogens (primary N) is 1. The van der Waals surface area contributed by atoms with Gasteiger partial charge in [-0.1, -0.05) is 6.58 Å². The summed E-state index contributed by atoms with van der Waals surface area (Å²) in [6, 6.07) is 0. The minimum absolute atomic E-state index is 0.516. The van der Waals surface area contributed by atoms with Gasteiger partial charge in [0.1, 0.15) is 6.61 Å². The van der Waals surface area contributed by atoms with Crippen LogP contribution in [0.25, 0.3) is 0 Å². The van der Waals surface area contributed by atoms with E-state index in [0.717, 1.165) is 0 Å². The molecule has 0 aromatic rings. The summed E-state index contributed by atoms with van der Waals surface area (Å²) in [6.07, 6.45) is 0. The maximum Gasteiger partial charge on any atom is 0.111 e. The predicted octanol–water partition coefficient (Wildman–Crippen LogP) is 0.612. The molecule has 9 heteroatoms. The predicted molar refractivity (Wildman–Crippen MR) is 106 cm³/mol. The molecule has 9 nitrogen and oxygen atoms in total. The molecule has 168 valence electrons. The van der Waals surface area contributed by atoms with Crippen molar-refractivity contribution in [2.45, 2.75) is 6.92 Å². The van der Waals surface area contributed by atoms with Gasteiger partial charge >= 0.3 is 0 Å². The second-order valence-electron chi connectivity index (χ2n) is 5.63. The molecule has 0 saturated carbocycles. The Labute approximate surface area is 169 Å². The van der Waals surface area contributed by atoms with E-state index in [1.807, 2.05) is 6.92 Å². The van der Waals surface area contributed by atoms with E-state index in [2.05, 4.69) is 6.58 Å². The molecule has 0 rings (SSSR count). The summed E-state index contributed by atoms with van der Waals surface area (Å²) in [5.74, 6) is 0.694. The zero-order valence-electron chi connectivity index (χ0n) is 17.4. The molecule has 0 aromatic heterocycles. The summed E-state index contributed by atoms with van der Waals surface area (Å²) in [6.45, 7) is 14.1. The van der Waals surface area contributed by atoms with Crippen molar-refractivity contribution in [2.75, 3.05) is 106 Å². The standard InChI is InChI=1S/C19H39NO8/c1-19(2)28-18-17-27-16-15-26-14-13-25-12-11-24-10-9-23-8-7-22-6-5-21-4-3-20/h1,3-18,20H2,2H3. The number of rotatable bonds is 24. The van der Waals surface area contributed by atoms with Gasteiger partial charge in [-0.2, -0.15) is 0 Å². The van der Waals surface area contributed by atoms with Gasteiger partial charge in [-0.25, -0.2) is 0 Å². The summed E-state index contributed by atoms with van der Waals surface area (Å²) in [5, 5.41) is 0. The molecule has 0 bridgehead atoms. The van der Waals surface area contributed by atoms with Crippen molar-refractivity contribution in [1.82, 2.24) is 0 Å². The topological polar surface area (TPSA) is 99.9 Å². The number of ether oxygens (including phenoxy) is 8. The van der Waals surface area contributed by atoms with Crippen molar-refractivity contribution in [2.24, 2.45) is 5.73 Å². The summed E-state index contributed by atoms with van der Waals surface area (Å²) in [5.41, 5.74) is 5.30. The molecule has 28 heavy (non-hydrogen) atoms. The smallest absolute Gasteiger partial charge is 0.111 e. The fraction of sp³-hybridized carbons (Fsp3) is 0.895. The van der Waals surface area contributed by atoms with Crippen LogP contribution in [0.1, 0.15) is 6.92 Å². The first-order valence-electron chi connectivity index (χ1n) is 9.80. The van der Waals surface area contributed by atoms with Crippen LogP contribution in [0.2, 0.25) is 0 Å².